The summed E-state index contributed by atoms with van der Waals surface area (Å²) in [7, 11) is 3.03. The molecule has 0 atom stereocenters. The predicted molar refractivity (Wildman–Crippen MR) is 48.5 cm³/mol. The molecule has 1 heterocycles. The molecule has 0 spiro atoms. The van der Waals surface area contributed by atoms with E-state index in [-0.39, 0.29) is 31.1 Å². The van der Waals surface area contributed by atoms with Crippen LogP contribution in [0, 0.1) is 0 Å². The normalized spacial score (nSPS) is 16.1. The second kappa shape index (κ2) is 4.88. The van der Waals surface area contributed by atoms with Gasteiger partial charge in [0.25, 0.3) is 11.8 Å². The molecule has 0 fully saturated rings. The Morgan fingerprint density at radius 2 is 1.57 bits per heavy atom. The van der Waals surface area contributed by atoms with E-state index in [1.54, 1.807) is 0 Å². The molecule has 78 valence electrons. The molecule has 2 amide bonds. The van der Waals surface area contributed by atoms with Crippen molar-refractivity contribution in [3.63, 3.8) is 0 Å². The van der Waals surface area contributed by atoms with Gasteiger partial charge >= 0.3 is 0 Å². The summed E-state index contributed by atoms with van der Waals surface area (Å²) in [6.45, 7) is 0.569. The topological polar surface area (TPSA) is 55.8 Å². The molecule has 0 unspecified atom stereocenters. The first-order chi connectivity index (χ1) is 6.70. The van der Waals surface area contributed by atoms with Crippen molar-refractivity contribution in [3.05, 3.63) is 12.2 Å². The van der Waals surface area contributed by atoms with Gasteiger partial charge in [-0.05, 0) is 0 Å². The van der Waals surface area contributed by atoms with Gasteiger partial charge in [-0.1, -0.05) is 0 Å². The van der Waals surface area contributed by atoms with Gasteiger partial charge in [-0.2, -0.15) is 0 Å². The molecule has 0 bridgehead atoms. The summed E-state index contributed by atoms with van der Waals surface area (Å²) in [5.74, 6) is -0.622. The maximum absolute atomic E-state index is 11.3. The average molecular weight is 199 g/mol. The second-order valence-electron chi connectivity index (χ2n) is 2.94. The quantitative estimate of drug-likeness (QED) is 0.564. The fraction of sp³-hybridized carbons (Fsp3) is 0.556. The van der Waals surface area contributed by atoms with Gasteiger partial charge in [0.05, 0.1) is 19.3 Å². The number of hydrogen-bond acceptors (Lipinski definition) is 4. The SMILES string of the molecule is COCC(COC)N1C(=O)C=CC1=O. The third-order valence-corrected chi connectivity index (χ3v) is 1.93. The summed E-state index contributed by atoms with van der Waals surface area (Å²) < 4.78 is 9.82. The van der Waals surface area contributed by atoms with Crippen LogP contribution in [0.25, 0.3) is 0 Å². The molecule has 5 nitrogen and oxygen atoms in total. The van der Waals surface area contributed by atoms with Crippen LogP contribution in [0.2, 0.25) is 0 Å². The fourth-order valence-corrected chi connectivity index (χ4v) is 1.35. The molecule has 5 heteroatoms. The second-order valence-corrected chi connectivity index (χ2v) is 2.94. The van der Waals surface area contributed by atoms with Crippen LogP contribution >= 0.6 is 0 Å². The van der Waals surface area contributed by atoms with Crippen LogP contribution in [0.5, 0.6) is 0 Å². The van der Waals surface area contributed by atoms with Crippen molar-refractivity contribution >= 4 is 11.8 Å². The average Bonchev–Trinajstić information content (AvgIpc) is 2.46. The zero-order valence-corrected chi connectivity index (χ0v) is 8.23. The van der Waals surface area contributed by atoms with Crippen molar-refractivity contribution in [1.29, 1.82) is 0 Å². The molecule has 0 radical (unpaired) electrons. The summed E-state index contributed by atoms with van der Waals surface area (Å²) in [6.07, 6.45) is 2.50. The van der Waals surface area contributed by atoms with Gasteiger partial charge < -0.3 is 9.47 Å². The van der Waals surface area contributed by atoms with Gasteiger partial charge in [-0.3, -0.25) is 14.5 Å². The minimum atomic E-state index is -0.347. The maximum Gasteiger partial charge on any atom is 0.254 e. The van der Waals surface area contributed by atoms with E-state index in [4.69, 9.17) is 9.47 Å². The Hall–Kier alpha value is -1.20. The van der Waals surface area contributed by atoms with Crippen molar-refractivity contribution < 1.29 is 19.1 Å². The lowest BCUT2D eigenvalue weighted by Gasteiger charge is -2.24. The van der Waals surface area contributed by atoms with E-state index in [0.717, 1.165) is 4.90 Å². The minimum Gasteiger partial charge on any atom is -0.382 e. The number of carbonyl (C=O) groups excluding carboxylic acids is 2. The van der Waals surface area contributed by atoms with Crippen LogP contribution in [0.3, 0.4) is 0 Å². The molecule has 0 aromatic heterocycles. The Labute approximate surface area is 82.3 Å². The van der Waals surface area contributed by atoms with Crippen molar-refractivity contribution in [2.45, 2.75) is 6.04 Å². The molecule has 14 heavy (non-hydrogen) atoms. The summed E-state index contributed by atoms with van der Waals surface area (Å²) in [6, 6.07) is -0.347. The number of amides is 2. The van der Waals surface area contributed by atoms with E-state index in [2.05, 4.69) is 0 Å². The number of imide groups is 1. The third kappa shape index (κ3) is 2.18. The number of ether oxygens (including phenoxy) is 2. The number of methoxy groups -OCH3 is 2. The highest BCUT2D eigenvalue weighted by molar-refractivity contribution is 6.13. The standard InChI is InChI=1S/C9H13NO4/c1-13-5-7(6-14-2)10-8(11)3-4-9(10)12/h3-4,7H,5-6H2,1-2H3. The van der Waals surface area contributed by atoms with E-state index in [0.29, 0.717) is 0 Å². The van der Waals surface area contributed by atoms with Crippen LogP contribution in [0.4, 0.5) is 0 Å². The molecule has 1 aliphatic heterocycles. The molecule has 0 saturated heterocycles. The van der Waals surface area contributed by atoms with Crippen molar-refractivity contribution in [1.82, 2.24) is 4.90 Å². The Kier molecular flexibility index (Phi) is 3.79. The molecule has 0 aliphatic carbocycles. The largest absolute Gasteiger partial charge is 0.382 e. The first-order valence-corrected chi connectivity index (χ1v) is 4.23. The van der Waals surface area contributed by atoms with Gasteiger partial charge in [0.2, 0.25) is 0 Å². The van der Waals surface area contributed by atoms with Gasteiger partial charge in [-0.25, -0.2) is 0 Å². The maximum atomic E-state index is 11.3. The minimum absolute atomic E-state index is 0.285. The summed E-state index contributed by atoms with van der Waals surface area (Å²) in [4.78, 5) is 23.7. The molecule has 0 N–H and O–H groups in total. The highest BCUT2D eigenvalue weighted by Crippen LogP contribution is 2.09. The zero-order chi connectivity index (χ0) is 10.6. The van der Waals surface area contributed by atoms with Gasteiger partial charge in [0.15, 0.2) is 0 Å². The monoisotopic (exact) mass is 199 g/mol. The third-order valence-electron chi connectivity index (χ3n) is 1.93. The zero-order valence-electron chi connectivity index (χ0n) is 8.23. The number of hydrogen-bond donors (Lipinski definition) is 0. The number of rotatable bonds is 5. The van der Waals surface area contributed by atoms with E-state index >= 15 is 0 Å². The van der Waals surface area contributed by atoms with Crippen LogP contribution in [-0.4, -0.2) is 50.2 Å². The smallest absolute Gasteiger partial charge is 0.254 e. The highest BCUT2D eigenvalue weighted by atomic mass is 16.5. The Morgan fingerprint density at radius 3 is 1.93 bits per heavy atom. The molecular formula is C9H13NO4. The van der Waals surface area contributed by atoms with Crippen LogP contribution in [0.15, 0.2) is 12.2 Å². The lowest BCUT2D eigenvalue weighted by Crippen LogP contribution is -2.45. The Morgan fingerprint density at radius 1 is 1.14 bits per heavy atom. The first kappa shape index (κ1) is 10.9. The van der Waals surface area contributed by atoms with E-state index in [1.807, 2.05) is 0 Å². The van der Waals surface area contributed by atoms with Gasteiger partial charge in [0, 0.05) is 26.4 Å². The molecular weight excluding hydrogens is 186 g/mol. The summed E-state index contributed by atoms with van der Waals surface area (Å²) in [5, 5.41) is 0. The number of carbonyl (C=O) groups is 2. The van der Waals surface area contributed by atoms with Crippen LogP contribution in [0.1, 0.15) is 0 Å². The van der Waals surface area contributed by atoms with E-state index < -0.39 is 0 Å². The Balaban J connectivity index is 2.67. The molecule has 0 aromatic rings. The van der Waals surface area contributed by atoms with Crippen LogP contribution < -0.4 is 0 Å². The highest BCUT2D eigenvalue weighted by Gasteiger charge is 2.30. The molecule has 0 saturated carbocycles. The molecule has 1 aliphatic rings. The van der Waals surface area contributed by atoms with E-state index in [1.165, 1.54) is 26.4 Å². The van der Waals surface area contributed by atoms with Gasteiger partial charge in [0.1, 0.15) is 0 Å². The van der Waals surface area contributed by atoms with E-state index in [9.17, 15) is 9.59 Å². The van der Waals surface area contributed by atoms with Crippen molar-refractivity contribution in [3.8, 4) is 0 Å². The van der Waals surface area contributed by atoms with Crippen molar-refractivity contribution in [2.24, 2.45) is 0 Å². The number of nitrogens with zero attached hydrogens (tertiary/aromatic N) is 1. The van der Waals surface area contributed by atoms with Crippen LogP contribution in [-0.2, 0) is 19.1 Å². The summed E-state index contributed by atoms with van der Waals surface area (Å²) >= 11 is 0. The fourth-order valence-electron chi connectivity index (χ4n) is 1.35. The molecule has 1 rings (SSSR count). The Bertz CT molecular complexity index is 238. The van der Waals surface area contributed by atoms with Crippen molar-refractivity contribution in [2.75, 3.05) is 27.4 Å². The lowest BCUT2D eigenvalue weighted by atomic mass is 10.3. The molecule has 0 aromatic carbocycles. The predicted octanol–water partition coefficient (Wildman–Crippen LogP) is -0.427. The van der Waals surface area contributed by atoms with Gasteiger partial charge in [-0.15, -0.1) is 0 Å². The lowest BCUT2D eigenvalue weighted by molar-refractivity contribution is -0.142. The first-order valence-electron chi connectivity index (χ1n) is 4.23. The summed E-state index contributed by atoms with van der Waals surface area (Å²) in [5.41, 5.74) is 0.